The van der Waals surface area contributed by atoms with Crippen molar-refractivity contribution in [3.63, 3.8) is 0 Å². The summed E-state index contributed by atoms with van der Waals surface area (Å²) in [5.41, 5.74) is 5.10. The Kier molecular flexibility index (Phi) is 5.76. The Morgan fingerprint density at radius 2 is 1.76 bits per heavy atom. The number of nitro groups is 1. The molecular weight excluding hydrogens is 342 g/mol. The van der Waals surface area contributed by atoms with Crippen LogP contribution < -0.4 is 10.3 Å². The van der Waals surface area contributed by atoms with Crippen molar-refractivity contribution in [2.75, 3.05) is 5.43 Å². The first kappa shape index (κ1) is 18.9. The Morgan fingerprint density at radius 1 is 1.12 bits per heavy atom. The minimum Gasteiger partial charge on any atom is -0.302 e. The third kappa shape index (κ3) is 4.55. The van der Waals surface area contributed by atoms with E-state index >= 15 is 0 Å². The van der Waals surface area contributed by atoms with Gasteiger partial charge in [-0.15, -0.1) is 4.83 Å². The van der Waals surface area contributed by atoms with Crippen LogP contribution in [0.2, 0.25) is 0 Å². The summed E-state index contributed by atoms with van der Waals surface area (Å²) >= 11 is 0. The number of hydrogen-bond donors (Lipinski definition) is 2. The van der Waals surface area contributed by atoms with Crippen LogP contribution in [0.3, 0.4) is 0 Å². The largest absolute Gasteiger partial charge is 0.302 e. The van der Waals surface area contributed by atoms with E-state index in [1.54, 1.807) is 18.2 Å². The second-order valence-electron chi connectivity index (χ2n) is 5.85. The number of rotatable bonds is 7. The van der Waals surface area contributed by atoms with Crippen molar-refractivity contribution < 1.29 is 13.3 Å². The zero-order valence-electron chi connectivity index (χ0n) is 14.4. The van der Waals surface area contributed by atoms with Crippen LogP contribution in [-0.2, 0) is 16.4 Å². The van der Waals surface area contributed by atoms with Crippen LogP contribution in [0, 0.1) is 24.0 Å². The maximum Gasteiger partial charge on any atom is 0.293 e. The summed E-state index contributed by atoms with van der Waals surface area (Å²) < 4.78 is 24.6. The molecule has 0 spiro atoms. The van der Waals surface area contributed by atoms with Gasteiger partial charge in [0, 0.05) is 6.07 Å². The van der Waals surface area contributed by atoms with Gasteiger partial charge in [0.1, 0.15) is 5.69 Å². The van der Waals surface area contributed by atoms with Crippen LogP contribution in [0.5, 0.6) is 0 Å². The van der Waals surface area contributed by atoms with Gasteiger partial charge in [0.25, 0.3) is 15.7 Å². The predicted octanol–water partition coefficient (Wildman–Crippen LogP) is 3.47. The van der Waals surface area contributed by atoms with E-state index in [4.69, 9.17) is 0 Å². The fourth-order valence-electron chi connectivity index (χ4n) is 2.43. The average molecular weight is 363 g/mol. The van der Waals surface area contributed by atoms with Gasteiger partial charge in [0.15, 0.2) is 0 Å². The monoisotopic (exact) mass is 363 g/mol. The van der Waals surface area contributed by atoms with Crippen molar-refractivity contribution in [2.45, 2.75) is 38.5 Å². The fraction of sp³-hybridized carbons (Fsp3) is 0.294. The molecule has 0 heterocycles. The van der Waals surface area contributed by atoms with E-state index in [0.717, 1.165) is 29.5 Å². The molecule has 0 aliphatic carbocycles. The molecule has 0 saturated carbocycles. The number of aryl methyl sites for hydroxylation is 3. The molecular formula is C17H21N3O4S. The van der Waals surface area contributed by atoms with Crippen LogP contribution in [0.1, 0.15) is 30.0 Å². The molecule has 0 atom stereocenters. The molecule has 7 nitrogen and oxygen atoms in total. The molecule has 0 radical (unpaired) electrons. The molecule has 0 aliphatic heterocycles. The molecule has 2 aromatic rings. The summed E-state index contributed by atoms with van der Waals surface area (Å²) in [6.07, 6.45) is 1.59. The highest BCUT2D eigenvalue weighted by Crippen LogP contribution is 2.28. The van der Waals surface area contributed by atoms with E-state index < -0.39 is 14.9 Å². The second-order valence-corrected chi connectivity index (χ2v) is 7.53. The number of benzene rings is 2. The van der Waals surface area contributed by atoms with Crippen LogP contribution in [-0.4, -0.2) is 13.3 Å². The highest BCUT2D eigenvalue weighted by molar-refractivity contribution is 7.89. The van der Waals surface area contributed by atoms with Gasteiger partial charge in [-0.1, -0.05) is 31.0 Å². The Labute approximate surface area is 147 Å². The topological polar surface area (TPSA) is 101 Å². The fourth-order valence-corrected chi connectivity index (χ4v) is 3.28. The Bertz CT molecular complexity index is 878. The summed E-state index contributed by atoms with van der Waals surface area (Å²) in [7, 11) is -3.83. The normalized spacial score (nSPS) is 11.3. The van der Waals surface area contributed by atoms with Gasteiger partial charge in [0.05, 0.1) is 9.82 Å². The third-order valence-corrected chi connectivity index (χ3v) is 5.09. The van der Waals surface area contributed by atoms with Gasteiger partial charge in [0.2, 0.25) is 0 Å². The van der Waals surface area contributed by atoms with Crippen molar-refractivity contribution in [2.24, 2.45) is 0 Å². The lowest BCUT2D eigenvalue weighted by Crippen LogP contribution is -2.30. The quantitative estimate of drug-likeness (QED) is 0.579. The molecule has 0 unspecified atom stereocenters. The van der Waals surface area contributed by atoms with Gasteiger partial charge in [-0.05, 0) is 49.6 Å². The maximum absolute atomic E-state index is 12.3. The molecule has 0 saturated heterocycles. The molecule has 25 heavy (non-hydrogen) atoms. The van der Waals surface area contributed by atoms with E-state index in [1.165, 1.54) is 18.2 Å². The Morgan fingerprint density at radius 3 is 2.32 bits per heavy atom. The molecule has 2 rings (SSSR count). The van der Waals surface area contributed by atoms with Crippen molar-refractivity contribution >= 4 is 21.4 Å². The maximum atomic E-state index is 12.3. The number of nitrogens with zero attached hydrogens (tertiary/aromatic N) is 1. The van der Waals surface area contributed by atoms with Crippen LogP contribution >= 0.6 is 0 Å². The van der Waals surface area contributed by atoms with Crippen LogP contribution in [0.15, 0.2) is 41.3 Å². The molecule has 2 aromatic carbocycles. The van der Waals surface area contributed by atoms with E-state index in [9.17, 15) is 18.5 Å². The molecule has 0 fully saturated rings. The molecule has 0 aliphatic rings. The smallest absolute Gasteiger partial charge is 0.293 e. The summed E-state index contributed by atoms with van der Waals surface area (Å²) in [6.45, 7) is 5.69. The zero-order chi connectivity index (χ0) is 18.6. The van der Waals surface area contributed by atoms with E-state index in [0.29, 0.717) is 0 Å². The molecule has 2 N–H and O–H groups in total. The van der Waals surface area contributed by atoms with E-state index in [2.05, 4.69) is 10.3 Å². The second kappa shape index (κ2) is 7.62. The Hall–Kier alpha value is -2.45. The van der Waals surface area contributed by atoms with Crippen molar-refractivity contribution in [3.05, 3.63) is 63.2 Å². The standard InChI is InChI=1S/C17H21N3O4S/c1-4-5-14-11-17(20(21)22)16(10-13(14)3)18-19-25(23,24)15-8-6-12(2)7-9-15/h6-11,18-19H,4-5H2,1-3H3. The zero-order valence-corrected chi connectivity index (χ0v) is 15.2. The molecule has 8 heteroatoms. The van der Waals surface area contributed by atoms with E-state index in [-0.39, 0.29) is 16.3 Å². The van der Waals surface area contributed by atoms with Gasteiger partial charge in [-0.2, -0.15) is 0 Å². The minimum atomic E-state index is -3.83. The highest BCUT2D eigenvalue weighted by atomic mass is 32.2. The molecule has 134 valence electrons. The van der Waals surface area contributed by atoms with Gasteiger partial charge in [-0.3, -0.25) is 10.1 Å². The first-order valence-corrected chi connectivity index (χ1v) is 9.35. The van der Waals surface area contributed by atoms with Crippen molar-refractivity contribution in [1.29, 1.82) is 0 Å². The lowest BCUT2D eigenvalue weighted by atomic mass is 10.0. The van der Waals surface area contributed by atoms with Gasteiger partial charge in [-0.25, -0.2) is 8.42 Å². The number of hydrazine groups is 1. The van der Waals surface area contributed by atoms with Gasteiger partial charge < -0.3 is 5.43 Å². The van der Waals surface area contributed by atoms with Crippen LogP contribution in [0.4, 0.5) is 11.4 Å². The molecule has 0 amide bonds. The Balaban J connectivity index is 2.29. The van der Waals surface area contributed by atoms with E-state index in [1.807, 2.05) is 20.8 Å². The van der Waals surface area contributed by atoms with Crippen molar-refractivity contribution in [1.82, 2.24) is 4.83 Å². The molecule has 0 bridgehead atoms. The van der Waals surface area contributed by atoms with Crippen molar-refractivity contribution in [3.8, 4) is 0 Å². The lowest BCUT2D eigenvalue weighted by molar-refractivity contribution is -0.384. The summed E-state index contributed by atoms with van der Waals surface area (Å²) in [5, 5.41) is 11.3. The summed E-state index contributed by atoms with van der Waals surface area (Å²) in [4.78, 5) is 13.1. The number of sulfonamides is 1. The molecule has 0 aromatic heterocycles. The number of nitro benzene ring substituents is 1. The highest BCUT2D eigenvalue weighted by Gasteiger charge is 2.19. The first-order valence-electron chi connectivity index (χ1n) is 7.87. The number of hydrogen-bond acceptors (Lipinski definition) is 5. The number of anilines is 1. The third-order valence-electron chi connectivity index (χ3n) is 3.82. The number of nitrogens with one attached hydrogen (secondary N) is 2. The summed E-state index contributed by atoms with van der Waals surface area (Å²) in [6, 6.07) is 9.39. The SMILES string of the molecule is CCCc1cc([N+](=O)[O-])c(NNS(=O)(=O)c2ccc(C)cc2)cc1C. The first-order chi connectivity index (χ1) is 11.7. The lowest BCUT2D eigenvalue weighted by Gasteiger charge is -2.12. The summed E-state index contributed by atoms with van der Waals surface area (Å²) in [5.74, 6) is 0. The average Bonchev–Trinajstić information content (AvgIpc) is 2.55. The minimum absolute atomic E-state index is 0.0765. The van der Waals surface area contributed by atoms with Crippen LogP contribution in [0.25, 0.3) is 0 Å². The van der Waals surface area contributed by atoms with Gasteiger partial charge >= 0.3 is 0 Å². The predicted molar refractivity (Wildman–Crippen MR) is 97.0 cm³/mol.